The molecular formula is C15H19FN2O2. The highest BCUT2D eigenvalue weighted by atomic mass is 19.1. The first-order chi connectivity index (χ1) is 9.67. The van der Waals surface area contributed by atoms with E-state index in [1.807, 2.05) is 25.1 Å². The molecule has 0 bridgehead atoms. The number of hydrogen-bond donors (Lipinski definition) is 2. The van der Waals surface area contributed by atoms with Crippen molar-refractivity contribution in [3.05, 3.63) is 53.2 Å². The second-order valence-corrected chi connectivity index (χ2v) is 4.55. The van der Waals surface area contributed by atoms with Gasteiger partial charge in [0.1, 0.15) is 11.5 Å². The van der Waals surface area contributed by atoms with Gasteiger partial charge in [-0.25, -0.2) is 9.82 Å². The fourth-order valence-corrected chi connectivity index (χ4v) is 2.09. The first-order valence-corrected chi connectivity index (χ1v) is 6.55. The third kappa shape index (κ3) is 3.18. The number of rotatable bonds is 6. The van der Waals surface area contributed by atoms with Crippen LogP contribution >= 0.6 is 0 Å². The Morgan fingerprint density at radius 2 is 2.15 bits per heavy atom. The Labute approximate surface area is 117 Å². The Morgan fingerprint density at radius 3 is 2.70 bits per heavy atom. The Bertz CT molecular complexity index is 569. The third-order valence-corrected chi connectivity index (χ3v) is 3.23. The van der Waals surface area contributed by atoms with E-state index >= 15 is 0 Å². The maximum Gasteiger partial charge on any atom is 0.165 e. The Balaban J connectivity index is 2.15. The van der Waals surface area contributed by atoms with Crippen LogP contribution in [0.1, 0.15) is 30.0 Å². The number of hydrogen-bond acceptors (Lipinski definition) is 4. The van der Waals surface area contributed by atoms with Gasteiger partial charge in [0.25, 0.3) is 0 Å². The predicted molar refractivity (Wildman–Crippen MR) is 74.8 cm³/mol. The van der Waals surface area contributed by atoms with Crippen molar-refractivity contribution in [3.63, 3.8) is 0 Å². The second-order valence-electron chi connectivity index (χ2n) is 4.55. The summed E-state index contributed by atoms with van der Waals surface area (Å²) in [4.78, 5) is 0. The molecule has 1 aromatic heterocycles. The molecule has 0 spiro atoms. The summed E-state index contributed by atoms with van der Waals surface area (Å²) in [5, 5.41) is 0. The zero-order valence-electron chi connectivity index (χ0n) is 11.7. The molecule has 2 aromatic rings. The molecule has 0 radical (unpaired) electrons. The Hall–Kier alpha value is -1.85. The van der Waals surface area contributed by atoms with Crippen LogP contribution in [-0.4, -0.2) is 7.11 Å². The van der Waals surface area contributed by atoms with Crippen LogP contribution in [-0.2, 0) is 12.8 Å². The van der Waals surface area contributed by atoms with Gasteiger partial charge in [-0.15, -0.1) is 0 Å². The number of hydrazine groups is 1. The van der Waals surface area contributed by atoms with Crippen LogP contribution in [0.2, 0.25) is 0 Å². The molecule has 1 atom stereocenters. The third-order valence-electron chi connectivity index (χ3n) is 3.23. The monoisotopic (exact) mass is 278 g/mol. The van der Waals surface area contributed by atoms with Crippen LogP contribution in [0.25, 0.3) is 0 Å². The molecule has 0 aliphatic rings. The molecule has 3 N–H and O–H groups in total. The predicted octanol–water partition coefficient (Wildman–Crippen LogP) is 2.74. The number of nitrogens with one attached hydrogen (secondary N) is 1. The minimum absolute atomic E-state index is 0.192. The van der Waals surface area contributed by atoms with Crippen LogP contribution in [0.3, 0.4) is 0 Å². The smallest absolute Gasteiger partial charge is 0.165 e. The van der Waals surface area contributed by atoms with Crippen molar-refractivity contribution < 1.29 is 13.5 Å². The fourth-order valence-electron chi connectivity index (χ4n) is 2.09. The number of halogens is 1. The van der Waals surface area contributed by atoms with E-state index < -0.39 is 0 Å². The number of benzene rings is 1. The van der Waals surface area contributed by atoms with E-state index in [9.17, 15) is 4.39 Å². The summed E-state index contributed by atoms with van der Waals surface area (Å²) in [6, 6.07) is 8.50. The van der Waals surface area contributed by atoms with Crippen LogP contribution < -0.4 is 16.0 Å². The summed E-state index contributed by atoms with van der Waals surface area (Å²) < 4.78 is 24.2. The maximum absolute atomic E-state index is 13.7. The largest absolute Gasteiger partial charge is 0.494 e. The number of aryl methyl sites for hydroxylation is 1. The minimum atomic E-state index is -0.380. The van der Waals surface area contributed by atoms with Gasteiger partial charge >= 0.3 is 0 Å². The molecule has 5 heteroatoms. The number of furan rings is 1. The topological polar surface area (TPSA) is 60.4 Å². The molecule has 0 aliphatic carbocycles. The van der Waals surface area contributed by atoms with Gasteiger partial charge in [-0.1, -0.05) is 13.0 Å². The number of nitrogens with two attached hydrogens (primary N) is 1. The van der Waals surface area contributed by atoms with Gasteiger partial charge < -0.3 is 9.15 Å². The van der Waals surface area contributed by atoms with Crippen molar-refractivity contribution in [3.8, 4) is 5.75 Å². The van der Waals surface area contributed by atoms with Gasteiger partial charge in [-0.3, -0.25) is 5.84 Å². The highest BCUT2D eigenvalue weighted by molar-refractivity contribution is 5.30. The van der Waals surface area contributed by atoms with Crippen molar-refractivity contribution in [2.75, 3.05) is 7.11 Å². The lowest BCUT2D eigenvalue weighted by Gasteiger charge is -2.14. The summed E-state index contributed by atoms with van der Waals surface area (Å²) in [7, 11) is 1.44. The summed E-state index contributed by atoms with van der Waals surface area (Å²) in [6.07, 6.45) is 1.36. The number of ether oxygens (including phenoxy) is 1. The Morgan fingerprint density at radius 1 is 1.35 bits per heavy atom. The fraction of sp³-hybridized carbons (Fsp3) is 0.333. The molecule has 1 aromatic carbocycles. The van der Waals surface area contributed by atoms with Crippen molar-refractivity contribution in [2.45, 2.75) is 25.8 Å². The van der Waals surface area contributed by atoms with Gasteiger partial charge in [0.05, 0.1) is 13.2 Å². The zero-order valence-corrected chi connectivity index (χ0v) is 11.7. The van der Waals surface area contributed by atoms with Crippen LogP contribution in [0.5, 0.6) is 5.75 Å². The normalized spacial score (nSPS) is 12.4. The molecule has 4 nitrogen and oxygen atoms in total. The van der Waals surface area contributed by atoms with E-state index in [2.05, 4.69) is 5.43 Å². The lowest BCUT2D eigenvalue weighted by Crippen LogP contribution is -2.29. The summed E-state index contributed by atoms with van der Waals surface area (Å²) >= 11 is 0. The van der Waals surface area contributed by atoms with Gasteiger partial charge in [-0.2, -0.15) is 0 Å². The van der Waals surface area contributed by atoms with Crippen LogP contribution in [0.4, 0.5) is 4.39 Å². The van der Waals surface area contributed by atoms with Gasteiger partial charge in [0, 0.05) is 6.42 Å². The van der Waals surface area contributed by atoms with E-state index in [0.717, 1.165) is 23.5 Å². The molecule has 20 heavy (non-hydrogen) atoms. The van der Waals surface area contributed by atoms with Gasteiger partial charge in [0.15, 0.2) is 11.6 Å². The van der Waals surface area contributed by atoms with E-state index in [1.54, 1.807) is 6.07 Å². The Kier molecular flexibility index (Phi) is 4.76. The first-order valence-electron chi connectivity index (χ1n) is 6.55. The zero-order chi connectivity index (χ0) is 14.5. The SMILES string of the molecule is CCc1ccc(C(Cc2ccc(OC)c(F)c2)NN)o1. The summed E-state index contributed by atoms with van der Waals surface area (Å²) in [6.45, 7) is 2.02. The average Bonchev–Trinajstić information content (AvgIpc) is 2.93. The maximum atomic E-state index is 13.7. The molecule has 2 rings (SSSR count). The second kappa shape index (κ2) is 6.54. The minimum Gasteiger partial charge on any atom is -0.494 e. The summed E-state index contributed by atoms with van der Waals surface area (Å²) in [5.41, 5.74) is 3.52. The van der Waals surface area contributed by atoms with Crippen LogP contribution in [0.15, 0.2) is 34.7 Å². The molecule has 1 heterocycles. The molecule has 0 saturated carbocycles. The standard InChI is InChI=1S/C15H19FN2O2/c1-3-11-5-7-15(20-11)13(18-17)9-10-4-6-14(19-2)12(16)8-10/h4-8,13,18H,3,9,17H2,1-2H3. The lowest BCUT2D eigenvalue weighted by molar-refractivity contribution is 0.383. The van der Waals surface area contributed by atoms with E-state index in [0.29, 0.717) is 6.42 Å². The van der Waals surface area contributed by atoms with Crippen molar-refractivity contribution in [2.24, 2.45) is 5.84 Å². The quantitative estimate of drug-likeness (QED) is 0.630. The highest BCUT2D eigenvalue weighted by Crippen LogP contribution is 2.23. The molecule has 1 unspecified atom stereocenters. The molecule has 108 valence electrons. The van der Waals surface area contributed by atoms with Crippen molar-refractivity contribution in [1.29, 1.82) is 0 Å². The lowest BCUT2D eigenvalue weighted by atomic mass is 10.0. The van der Waals surface area contributed by atoms with Gasteiger partial charge in [0.2, 0.25) is 0 Å². The molecule has 0 saturated heterocycles. The highest BCUT2D eigenvalue weighted by Gasteiger charge is 2.15. The van der Waals surface area contributed by atoms with Gasteiger partial charge in [-0.05, 0) is 36.2 Å². The first kappa shape index (κ1) is 14.6. The van der Waals surface area contributed by atoms with E-state index in [-0.39, 0.29) is 17.6 Å². The van der Waals surface area contributed by atoms with E-state index in [1.165, 1.54) is 13.2 Å². The summed E-state index contributed by atoms with van der Waals surface area (Å²) in [5.74, 6) is 7.08. The van der Waals surface area contributed by atoms with Crippen LogP contribution in [0, 0.1) is 5.82 Å². The molecular weight excluding hydrogens is 259 g/mol. The molecule has 0 fully saturated rings. The molecule has 0 aliphatic heterocycles. The average molecular weight is 278 g/mol. The van der Waals surface area contributed by atoms with Crippen molar-refractivity contribution >= 4 is 0 Å². The van der Waals surface area contributed by atoms with E-state index in [4.69, 9.17) is 15.0 Å². The van der Waals surface area contributed by atoms with Crippen molar-refractivity contribution in [1.82, 2.24) is 5.43 Å². The molecule has 0 amide bonds. The number of methoxy groups -OCH3 is 1.